The van der Waals surface area contributed by atoms with Crippen LogP contribution < -0.4 is 5.32 Å². The van der Waals surface area contributed by atoms with Crippen LogP contribution in [-0.2, 0) is 11.2 Å². The predicted octanol–water partition coefficient (Wildman–Crippen LogP) is 4.76. The molecule has 0 fully saturated rings. The van der Waals surface area contributed by atoms with Crippen LogP contribution in [0.4, 0.5) is 0 Å². The summed E-state index contributed by atoms with van der Waals surface area (Å²) >= 11 is 11.6. The molecule has 0 unspecified atom stereocenters. The van der Waals surface area contributed by atoms with E-state index in [1.165, 1.54) is 11.6 Å². The van der Waals surface area contributed by atoms with Gasteiger partial charge >= 0.3 is 0 Å². The molecular formula is C18H17Cl2NO. The number of nitrogens with one attached hydrogen (secondary N) is 1. The highest BCUT2D eigenvalue weighted by molar-refractivity contribution is 6.30. The molecule has 22 heavy (non-hydrogen) atoms. The first-order chi connectivity index (χ1) is 10.6. The second kappa shape index (κ2) is 8.62. The standard InChI is InChI=1S/C18H17Cl2NO/c19-16-8-3-14(4-9-16)2-1-13-21-18(22)12-7-15-5-10-17(20)11-6-15/h3-12H,1-2,13H2,(H,21,22)/b12-7+. The third-order valence-corrected chi connectivity index (χ3v) is 3.66. The Bertz CT molecular complexity index is 633. The molecule has 2 rings (SSSR count). The molecule has 0 aromatic heterocycles. The Morgan fingerprint density at radius 1 is 0.955 bits per heavy atom. The molecule has 1 N–H and O–H groups in total. The molecule has 0 spiro atoms. The molecule has 4 heteroatoms. The fourth-order valence-corrected chi connectivity index (χ4v) is 2.21. The summed E-state index contributed by atoms with van der Waals surface area (Å²) < 4.78 is 0. The molecule has 0 saturated carbocycles. The predicted molar refractivity (Wildman–Crippen MR) is 93.3 cm³/mol. The van der Waals surface area contributed by atoms with E-state index in [-0.39, 0.29) is 5.91 Å². The first-order valence-electron chi connectivity index (χ1n) is 7.09. The summed E-state index contributed by atoms with van der Waals surface area (Å²) in [5.74, 6) is -0.0916. The Labute approximate surface area is 140 Å². The van der Waals surface area contributed by atoms with Gasteiger partial charge in [0.05, 0.1) is 0 Å². The quantitative estimate of drug-likeness (QED) is 0.599. The topological polar surface area (TPSA) is 29.1 Å². The molecule has 0 saturated heterocycles. The Morgan fingerprint density at radius 3 is 2.18 bits per heavy atom. The van der Waals surface area contributed by atoms with E-state index in [0.717, 1.165) is 23.4 Å². The summed E-state index contributed by atoms with van der Waals surface area (Å²) in [6.45, 7) is 0.645. The van der Waals surface area contributed by atoms with Gasteiger partial charge in [0, 0.05) is 22.7 Å². The van der Waals surface area contributed by atoms with Crippen molar-refractivity contribution in [3.05, 3.63) is 75.8 Å². The Balaban J connectivity index is 1.69. The average molecular weight is 334 g/mol. The summed E-state index contributed by atoms with van der Waals surface area (Å²) in [5.41, 5.74) is 2.16. The van der Waals surface area contributed by atoms with Crippen LogP contribution in [0, 0.1) is 0 Å². The number of benzene rings is 2. The van der Waals surface area contributed by atoms with E-state index >= 15 is 0 Å². The van der Waals surface area contributed by atoms with Gasteiger partial charge in [-0.3, -0.25) is 4.79 Å². The van der Waals surface area contributed by atoms with E-state index in [4.69, 9.17) is 23.2 Å². The summed E-state index contributed by atoms with van der Waals surface area (Å²) in [4.78, 5) is 11.7. The van der Waals surface area contributed by atoms with Gasteiger partial charge in [0.1, 0.15) is 0 Å². The molecule has 2 nitrogen and oxygen atoms in total. The lowest BCUT2D eigenvalue weighted by Crippen LogP contribution is -2.22. The Morgan fingerprint density at radius 2 is 1.55 bits per heavy atom. The number of carbonyl (C=O) groups is 1. The molecule has 0 aliphatic rings. The zero-order valence-electron chi connectivity index (χ0n) is 12.1. The van der Waals surface area contributed by atoms with E-state index < -0.39 is 0 Å². The normalized spacial score (nSPS) is 10.8. The van der Waals surface area contributed by atoms with E-state index in [1.807, 2.05) is 36.4 Å². The highest BCUT2D eigenvalue weighted by atomic mass is 35.5. The number of amides is 1. The minimum absolute atomic E-state index is 0.0916. The number of halogens is 2. The lowest BCUT2D eigenvalue weighted by molar-refractivity contribution is -0.116. The Hall–Kier alpha value is -1.77. The zero-order valence-corrected chi connectivity index (χ0v) is 13.6. The summed E-state index contributed by atoms with van der Waals surface area (Å²) in [7, 11) is 0. The molecule has 2 aromatic carbocycles. The first kappa shape index (κ1) is 16.6. The second-order valence-electron chi connectivity index (χ2n) is 4.91. The maximum atomic E-state index is 11.7. The lowest BCUT2D eigenvalue weighted by Gasteiger charge is -2.03. The van der Waals surface area contributed by atoms with Gasteiger partial charge in [-0.25, -0.2) is 0 Å². The second-order valence-corrected chi connectivity index (χ2v) is 5.78. The van der Waals surface area contributed by atoms with Crippen molar-refractivity contribution < 1.29 is 4.79 Å². The fraction of sp³-hybridized carbons (Fsp3) is 0.167. The van der Waals surface area contributed by atoms with E-state index in [9.17, 15) is 4.79 Å². The number of carbonyl (C=O) groups excluding carboxylic acids is 1. The summed E-state index contributed by atoms with van der Waals surface area (Å²) in [5, 5.41) is 4.29. The van der Waals surface area contributed by atoms with Crippen LogP contribution in [0.2, 0.25) is 10.0 Å². The summed E-state index contributed by atoms with van der Waals surface area (Å²) in [6.07, 6.45) is 5.11. The highest BCUT2D eigenvalue weighted by Gasteiger charge is 1.97. The fourth-order valence-electron chi connectivity index (χ4n) is 1.96. The van der Waals surface area contributed by atoms with Crippen molar-refractivity contribution in [2.24, 2.45) is 0 Å². The number of hydrogen-bond acceptors (Lipinski definition) is 1. The van der Waals surface area contributed by atoms with Gasteiger partial charge in [0.25, 0.3) is 0 Å². The van der Waals surface area contributed by atoms with Gasteiger partial charge in [-0.05, 0) is 54.3 Å². The highest BCUT2D eigenvalue weighted by Crippen LogP contribution is 2.11. The van der Waals surface area contributed by atoms with E-state index in [2.05, 4.69) is 5.32 Å². The maximum absolute atomic E-state index is 11.7. The molecule has 0 atom stereocenters. The van der Waals surface area contributed by atoms with Crippen molar-refractivity contribution in [2.45, 2.75) is 12.8 Å². The van der Waals surface area contributed by atoms with E-state index in [1.54, 1.807) is 18.2 Å². The molecular weight excluding hydrogens is 317 g/mol. The average Bonchev–Trinajstić information content (AvgIpc) is 2.53. The van der Waals surface area contributed by atoms with Crippen LogP contribution in [0.1, 0.15) is 17.5 Å². The maximum Gasteiger partial charge on any atom is 0.243 e. The smallest absolute Gasteiger partial charge is 0.243 e. The molecule has 1 amide bonds. The monoisotopic (exact) mass is 333 g/mol. The van der Waals surface area contributed by atoms with Crippen LogP contribution in [-0.4, -0.2) is 12.5 Å². The van der Waals surface area contributed by atoms with Crippen LogP contribution in [0.25, 0.3) is 6.08 Å². The largest absolute Gasteiger partial charge is 0.353 e. The first-order valence-corrected chi connectivity index (χ1v) is 7.85. The molecule has 0 aliphatic carbocycles. The van der Waals surface area contributed by atoms with Gasteiger partial charge in [0.2, 0.25) is 5.91 Å². The Kier molecular flexibility index (Phi) is 6.50. The third kappa shape index (κ3) is 5.92. The minimum Gasteiger partial charge on any atom is -0.353 e. The van der Waals surface area contributed by atoms with Gasteiger partial charge in [0.15, 0.2) is 0 Å². The van der Waals surface area contributed by atoms with Gasteiger partial charge in [-0.2, -0.15) is 0 Å². The van der Waals surface area contributed by atoms with Crippen molar-refractivity contribution in [1.82, 2.24) is 5.32 Å². The zero-order chi connectivity index (χ0) is 15.8. The van der Waals surface area contributed by atoms with Gasteiger partial charge < -0.3 is 5.32 Å². The van der Waals surface area contributed by atoms with E-state index in [0.29, 0.717) is 11.6 Å². The molecule has 0 bridgehead atoms. The van der Waals surface area contributed by atoms with Crippen molar-refractivity contribution in [2.75, 3.05) is 6.54 Å². The molecule has 114 valence electrons. The number of rotatable bonds is 6. The SMILES string of the molecule is O=C(/C=C/c1ccc(Cl)cc1)NCCCc1ccc(Cl)cc1. The number of aryl methyl sites for hydroxylation is 1. The lowest BCUT2D eigenvalue weighted by atomic mass is 10.1. The molecule has 2 aromatic rings. The minimum atomic E-state index is -0.0916. The van der Waals surface area contributed by atoms with Crippen molar-refractivity contribution in [1.29, 1.82) is 0 Å². The molecule has 0 radical (unpaired) electrons. The van der Waals surface area contributed by atoms with Crippen molar-refractivity contribution in [3.8, 4) is 0 Å². The molecule has 0 aliphatic heterocycles. The van der Waals surface area contributed by atoms with Crippen LogP contribution in [0.5, 0.6) is 0 Å². The van der Waals surface area contributed by atoms with Crippen molar-refractivity contribution >= 4 is 35.2 Å². The third-order valence-electron chi connectivity index (χ3n) is 3.15. The van der Waals surface area contributed by atoms with Crippen LogP contribution in [0.3, 0.4) is 0 Å². The van der Waals surface area contributed by atoms with Crippen LogP contribution >= 0.6 is 23.2 Å². The summed E-state index contributed by atoms with van der Waals surface area (Å²) in [6, 6.07) is 15.1. The van der Waals surface area contributed by atoms with Gasteiger partial charge in [-0.1, -0.05) is 47.5 Å². The number of hydrogen-bond donors (Lipinski definition) is 1. The van der Waals surface area contributed by atoms with Crippen LogP contribution in [0.15, 0.2) is 54.6 Å². The van der Waals surface area contributed by atoms with Crippen molar-refractivity contribution in [3.63, 3.8) is 0 Å². The van der Waals surface area contributed by atoms with Gasteiger partial charge in [-0.15, -0.1) is 0 Å². The molecule has 0 heterocycles.